The maximum atomic E-state index is 4.44. The Morgan fingerprint density at radius 1 is 0.650 bits per heavy atom. The molecule has 4 heterocycles. The molecule has 4 rings (SSSR count). The first kappa shape index (κ1) is 10.8. The molecule has 0 aliphatic rings. The van der Waals surface area contributed by atoms with E-state index in [0.717, 1.165) is 33.5 Å². The molecule has 0 bridgehead atoms. The van der Waals surface area contributed by atoms with Gasteiger partial charge in [0, 0.05) is 23.2 Å². The van der Waals surface area contributed by atoms with Crippen molar-refractivity contribution in [2.75, 3.05) is 0 Å². The lowest BCUT2D eigenvalue weighted by Gasteiger charge is -1.92. The third kappa shape index (κ3) is 1.82. The number of rotatable bonds is 0. The van der Waals surface area contributed by atoms with E-state index >= 15 is 0 Å². The van der Waals surface area contributed by atoms with Crippen LogP contribution in [0.15, 0.2) is 48.8 Å². The summed E-state index contributed by atoms with van der Waals surface area (Å²) in [7, 11) is 0. The highest BCUT2D eigenvalue weighted by Crippen LogP contribution is 2.11. The van der Waals surface area contributed by atoms with Crippen molar-refractivity contribution in [2.24, 2.45) is 0 Å². The molecule has 0 aliphatic heterocycles. The first-order chi connectivity index (χ1) is 9.88. The van der Waals surface area contributed by atoms with E-state index in [9.17, 15) is 0 Å². The molecule has 20 heavy (non-hydrogen) atoms. The van der Waals surface area contributed by atoms with Gasteiger partial charge in [0.05, 0.1) is 0 Å². The first-order valence-electron chi connectivity index (χ1n) is 6.29. The SMILES string of the molecule is C(#Cc1ccc2cc[nH]c2n1)c1ccc2cc[nH]c2n1. The molecule has 4 aromatic heterocycles. The van der Waals surface area contributed by atoms with Crippen molar-refractivity contribution in [3.63, 3.8) is 0 Å². The van der Waals surface area contributed by atoms with Crippen LogP contribution in [-0.4, -0.2) is 19.9 Å². The molecule has 0 atom stereocenters. The molecule has 0 spiro atoms. The van der Waals surface area contributed by atoms with Gasteiger partial charge in [-0.2, -0.15) is 0 Å². The van der Waals surface area contributed by atoms with Crippen molar-refractivity contribution < 1.29 is 0 Å². The molecular formula is C16H10N4. The third-order valence-electron chi connectivity index (χ3n) is 3.14. The number of fused-ring (bicyclic) bond motifs is 2. The predicted octanol–water partition coefficient (Wildman–Crippen LogP) is 2.84. The smallest absolute Gasteiger partial charge is 0.138 e. The van der Waals surface area contributed by atoms with Crippen molar-refractivity contribution in [1.82, 2.24) is 19.9 Å². The summed E-state index contributed by atoms with van der Waals surface area (Å²) in [4.78, 5) is 15.0. The van der Waals surface area contributed by atoms with Crippen molar-refractivity contribution in [3.8, 4) is 11.8 Å². The minimum Gasteiger partial charge on any atom is -0.346 e. The Hall–Kier alpha value is -3.06. The number of aromatic nitrogens is 4. The van der Waals surface area contributed by atoms with Gasteiger partial charge in [0.15, 0.2) is 0 Å². The van der Waals surface area contributed by atoms with Crippen LogP contribution in [0.2, 0.25) is 0 Å². The zero-order valence-corrected chi connectivity index (χ0v) is 10.5. The summed E-state index contributed by atoms with van der Waals surface area (Å²) in [5, 5.41) is 2.17. The van der Waals surface area contributed by atoms with Crippen LogP contribution >= 0.6 is 0 Å². The van der Waals surface area contributed by atoms with Crippen LogP contribution in [0.25, 0.3) is 22.1 Å². The van der Waals surface area contributed by atoms with Gasteiger partial charge in [-0.05, 0) is 48.2 Å². The monoisotopic (exact) mass is 258 g/mol. The normalized spacial score (nSPS) is 10.6. The Morgan fingerprint density at radius 2 is 1.15 bits per heavy atom. The highest BCUT2D eigenvalue weighted by atomic mass is 14.9. The van der Waals surface area contributed by atoms with Gasteiger partial charge in [-0.3, -0.25) is 0 Å². The Morgan fingerprint density at radius 3 is 1.65 bits per heavy atom. The summed E-state index contributed by atoms with van der Waals surface area (Å²) in [6.07, 6.45) is 3.74. The van der Waals surface area contributed by atoms with Crippen LogP contribution in [0.5, 0.6) is 0 Å². The number of nitrogens with one attached hydrogen (secondary N) is 2. The molecule has 0 saturated carbocycles. The molecule has 0 fully saturated rings. The molecular weight excluding hydrogens is 248 g/mol. The molecule has 2 N–H and O–H groups in total. The van der Waals surface area contributed by atoms with Crippen LogP contribution in [0.3, 0.4) is 0 Å². The summed E-state index contributed by atoms with van der Waals surface area (Å²) >= 11 is 0. The van der Waals surface area contributed by atoms with Gasteiger partial charge in [-0.1, -0.05) is 0 Å². The number of pyridine rings is 2. The first-order valence-corrected chi connectivity index (χ1v) is 6.29. The second-order valence-electron chi connectivity index (χ2n) is 4.47. The van der Waals surface area contributed by atoms with Crippen LogP contribution in [0, 0.1) is 11.8 Å². The van der Waals surface area contributed by atoms with Crippen LogP contribution in [0.4, 0.5) is 0 Å². The molecule has 0 aliphatic carbocycles. The average Bonchev–Trinajstić information content (AvgIpc) is 3.12. The van der Waals surface area contributed by atoms with E-state index in [1.807, 2.05) is 48.8 Å². The maximum absolute atomic E-state index is 4.44. The van der Waals surface area contributed by atoms with E-state index in [-0.39, 0.29) is 0 Å². The standard InChI is InChI=1S/C16H10N4/c1-3-13(19-15-11(1)7-9-17-15)5-6-14-4-2-12-8-10-18-16(12)20-14/h1-4,7-10H,(H,17,19)(H,18,20). The lowest BCUT2D eigenvalue weighted by atomic mass is 10.2. The van der Waals surface area contributed by atoms with Gasteiger partial charge in [-0.25, -0.2) is 9.97 Å². The molecule has 4 nitrogen and oxygen atoms in total. The lowest BCUT2D eigenvalue weighted by Crippen LogP contribution is -1.85. The van der Waals surface area contributed by atoms with Gasteiger partial charge in [0.2, 0.25) is 0 Å². The molecule has 0 unspecified atom stereocenters. The van der Waals surface area contributed by atoms with Crippen molar-refractivity contribution in [3.05, 3.63) is 60.2 Å². The number of hydrogen-bond acceptors (Lipinski definition) is 2. The molecule has 0 saturated heterocycles. The summed E-state index contributed by atoms with van der Waals surface area (Å²) in [6, 6.07) is 11.8. The van der Waals surface area contributed by atoms with Crippen molar-refractivity contribution >= 4 is 22.1 Å². The number of hydrogen-bond donors (Lipinski definition) is 2. The second kappa shape index (κ2) is 4.25. The number of aromatic amines is 2. The lowest BCUT2D eigenvalue weighted by molar-refractivity contribution is 1.28. The molecule has 4 heteroatoms. The topological polar surface area (TPSA) is 57.4 Å². The fourth-order valence-corrected chi connectivity index (χ4v) is 2.13. The number of nitrogens with zero attached hydrogens (tertiary/aromatic N) is 2. The Labute approximate surface area is 114 Å². The van der Waals surface area contributed by atoms with E-state index in [2.05, 4.69) is 31.8 Å². The van der Waals surface area contributed by atoms with Crippen LogP contribution < -0.4 is 0 Å². The van der Waals surface area contributed by atoms with Gasteiger partial charge in [-0.15, -0.1) is 0 Å². The van der Waals surface area contributed by atoms with E-state index in [4.69, 9.17) is 0 Å². The minimum atomic E-state index is 0.730. The number of H-pyrrole nitrogens is 2. The fraction of sp³-hybridized carbons (Fsp3) is 0. The van der Waals surface area contributed by atoms with E-state index in [1.165, 1.54) is 0 Å². The van der Waals surface area contributed by atoms with Gasteiger partial charge >= 0.3 is 0 Å². The summed E-state index contributed by atoms with van der Waals surface area (Å²) in [5.41, 5.74) is 3.16. The molecule has 94 valence electrons. The minimum absolute atomic E-state index is 0.730. The highest BCUT2D eigenvalue weighted by molar-refractivity contribution is 5.76. The largest absolute Gasteiger partial charge is 0.346 e. The molecule has 0 radical (unpaired) electrons. The van der Waals surface area contributed by atoms with E-state index in [0.29, 0.717) is 0 Å². The molecule has 0 aromatic carbocycles. The Bertz CT molecular complexity index is 888. The van der Waals surface area contributed by atoms with Gasteiger partial charge < -0.3 is 9.97 Å². The zero-order chi connectivity index (χ0) is 13.4. The van der Waals surface area contributed by atoms with E-state index in [1.54, 1.807) is 0 Å². The van der Waals surface area contributed by atoms with Crippen molar-refractivity contribution in [1.29, 1.82) is 0 Å². The zero-order valence-electron chi connectivity index (χ0n) is 10.5. The second-order valence-corrected chi connectivity index (χ2v) is 4.47. The predicted molar refractivity (Wildman–Crippen MR) is 78.2 cm³/mol. The summed E-state index contributed by atoms with van der Waals surface area (Å²) in [6.45, 7) is 0. The average molecular weight is 258 g/mol. The summed E-state index contributed by atoms with van der Waals surface area (Å²) in [5.74, 6) is 6.08. The summed E-state index contributed by atoms with van der Waals surface area (Å²) < 4.78 is 0. The Balaban J connectivity index is 1.73. The third-order valence-corrected chi connectivity index (χ3v) is 3.14. The van der Waals surface area contributed by atoms with Gasteiger partial charge in [0.25, 0.3) is 0 Å². The molecule has 4 aromatic rings. The molecule has 0 amide bonds. The van der Waals surface area contributed by atoms with Crippen LogP contribution in [-0.2, 0) is 0 Å². The highest BCUT2D eigenvalue weighted by Gasteiger charge is 1.98. The fourth-order valence-electron chi connectivity index (χ4n) is 2.13. The quantitative estimate of drug-likeness (QED) is 0.476. The maximum Gasteiger partial charge on any atom is 0.138 e. The van der Waals surface area contributed by atoms with E-state index < -0.39 is 0 Å². The van der Waals surface area contributed by atoms with Crippen molar-refractivity contribution in [2.45, 2.75) is 0 Å². The van der Waals surface area contributed by atoms with Crippen LogP contribution in [0.1, 0.15) is 11.4 Å². The Kier molecular flexibility index (Phi) is 2.30. The van der Waals surface area contributed by atoms with Gasteiger partial charge in [0.1, 0.15) is 22.7 Å².